The van der Waals surface area contributed by atoms with Crippen molar-refractivity contribution in [1.82, 2.24) is 0 Å². The number of carbonyl (C=O) groups is 4. The maximum absolute atomic E-state index is 13.7. The first kappa shape index (κ1) is 25.4. The Kier molecular flexibility index (Phi) is 5.59. The number of aromatic hydroxyl groups is 1. The van der Waals surface area contributed by atoms with Crippen LogP contribution in [0.25, 0.3) is 16.9 Å². The molecule has 0 bridgehead atoms. The number of carbonyl (C=O) groups excluding carboxylic acids is 4. The molecule has 1 saturated carbocycles. The zero-order valence-corrected chi connectivity index (χ0v) is 20.4. The molecule has 7 N–H and O–H groups in total. The predicted molar refractivity (Wildman–Crippen MR) is 133 cm³/mol. The van der Waals surface area contributed by atoms with Crippen LogP contribution in [0.3, 0.4) is 0 Å². The van der Waals surface area contributed by atoms with Gasteiger partial charge in [0, 0.05) is 35.0 Å². The molecule has 0 radical (unpaired) electrons. The van der Waals surface area contributed by atoms with Crippen LogP contribution in [0.4, 0.5) is 0 Å². The third kappa shape index (κ3) is 3.20. The molecule has 10 nitrogen and oxygen atoms in total. The fourth-order valence-electron chi connectivity index (χ4n) is 6.12. The highest BCUT2D eigenvalue weighted by atomic mass is 16.4. The van der Waals surface area contributed by atoms with Gasteiger partial charge in [-0.2, -0.15) is 0 Å². The molecule has 0 aromatic heterocycles. The number of benzene rings is 2. The SMILES string of the molecule is CC(=O)c1ccc(-c2ccc3c(c2O)C(O)=C2C(=O)C4(O)C(O)=C(C(N)=O)C(=O)CC4C(O)C2C3C)cc1. The second-order valence-electron chi connectivity index (χ2n) is 10.0. The minimum absolute atomic E-state index is 0.0926. The van der Waals surface area contributed by atoms with E-state index in [2.05, 4.69) is 0 Å². The Labute approximate surface area is 216 Å². The Hall–Kier alpha value is -4.28. The Bertz CT molecular complexity index is 1520. The molecule has 5 atom stereocenters. The highest BCUT2D eigenvalue weighted by molar-refractivity contribution is 6.23. The fraction of sp³-hybridized carbons (Fsp3) is 0.286. The van der Waals surface area contributed by atoms with Gasteiger partial charge < -0.3 is 31.3 Å². The van der Waals surface area contributed by atoms with E-state index in [-0.39, 0.29) is 17.1 Å². The van der Waals surface area contributed by atoms with Gasteiger partial charge in [0.05, 0.1) is 11.7 Å². The third-order valence-electron chi connectivity index (χ3n) is 8.10. The normalized spacial score (nSPS) is 28.5. The Morgan fingerprint density at radius 2 is 1.66 bits per heavy atom. The number of amides is 1. The molecule has 10 heteroatoms. The van der Waals surface area contributed by atoms with Crippen molar-refractivity contribution in [2.24, 2.45) is 17.6 Å². The van der Waals surface area contributed by atoms with Gasteiger partial charge in [-0.3, -0.25) is 19.2 Å². The second-order valence-corrected chi connectivity index (χ2v) is 10.0. The lowest BCUT2D eigenvalue weighted by atomic mass is 9.55. The minimum Gasteiger partial charge on any atom is -0.508 e. The van der Waals surface area contributed by atoms with Crippen molar-refractivity contribution in [1.29, 1.82) is 0 Å². The summed E-state index contributed by atoms with van der Waals surface area (Å²) in [4.78, 5) is 49.7. The zero-order valence-electron chi connectivity index (χ0n) is 20.4. The molecule has 5 rings (SSSR count). The number of ketones is 3. The van der Waals surface area contributed by atoms with Crippen LogP contribution in [-0.2, 0) is 14.4 Å². The molecule has 0 spiro atoms. The third-order valence-corrected chi connectivity index (χ3v) is 8.10. The average Bonchev–Trinajstić information content (AvgIpc) is 2.86. The van der Waals surface area contributed by atoms with Crippen LogP contribution in [0.1, 0.15) is 47.7 Å². The van der Waals surface area contributed by atoms with E-state index in [4.69, 9.17) is 5.73 Å². The summed E-state index contributed by atoms with van der Waals surface area (Å²) in [7, 11) is 0. The highest BCUT2D eigenvalue weighted by Crippen LogP contribution is 2.56. The zero-order chi connectivity index (χ0) is 27.8. The number of rotatable bonds is 3. The quantitative estimate of drug-likeness (QED) is 0.259. The molecule has 0 heterocycles. The highest BCUT2D eigenvalue weighted by Gasteiger charge is 2.64. The number of nitrogens with two attached hydrogens (primary N) is 1. The van der Waals surface area contributed by atoms with Crippen LogP contribution in [0.2, 0.25) is 0 Å². The van der Waals surface area contributed by atoms with E-state index >= 15 is 0 Å². The number of primary amides is 1. The molecule has 196 valence electrons. The van der Waals surface area contributed by atoms with Crippen molar-refractivity contribution in [3.05, 3.63) is 70.0 Å². The van der Waals surface area contributed by atoms with Crippen LogP contribution in [0.15, 0.2) is 53.3 Å². The summed E-state index contributed by atoms with van der Waals surface area (Å²) >= 11 is 0. The summed E-state index contributed by atoms with van der Waals surface area (Å²) in [5, 5.41) is 55.9. The van der Waals surface area contributed by atoms with Crippen molar-refractivity contribution < 1.29 is 44.7 Å². The smallest absolute Gasteiger partial charge is 0.255 e. The lowest BCUT2D eigenvalue weighted by Crippen LogP contribution is -2.63. The van der Waals surface area contributed by atoms with E-state index in [0.717, 1.165) is 0 Å². The van der Waals surface area contributed by atoms with Gasteiger partial charge in [-0.05, 0) is 24.0 Å². The molecular weight excluding hydrogens is 494 g/mol. The Morgan fingerprint density at radius 3 is 2.24 bits per heavy atom. The van der Waals surface area contributed by atoms with E-state index in [9.17, 15) is 44.7 Å². The summed E-state index contributed by atoms with van der Waals surface area (Å²) in [6, 6.07) is 9.64. The molecule has 38 heavy (non-hydrogen) atoms. The number of Topliss-reactive ketones (excluding diaryl/α,β-unsaturated/α-hetero) is 3. The molecule has 3 aliphatic rings. The standard InChI is InChI=1S/C28H25NO9/c1-10-14-7-8-15(13-5-3-12(4-6-13)11(2)30)22(32)19(14)24(34)21-18(10)23(33)16-9-17(31)20(27(29)37)25(35)28(16,38)26(21)36/h3-8,10,16,18,23,32-35,38H,9H2,1-2H3,(H2,29,37). The van der Waals surface area contributed by atoms with Crippen LogP contribution in [-0.4, -0.2) is 60.5 Å². The summed E-state index contributed by atoms with van der Waals surface area (Å²) in [6.07, 6.45) is -2.21. The number of hydrogen-bond acceptors (Lipinski definition) is 9. The monoisotopic (exact) mass is 519 g/mol. The van der Waals surface area contributed by atoms with Crippen molar-refractivity contribution in [3.8, 4) is 16.9 Å². The van der Waals surface area contributed by atoms with Crippen molar-refractivity contribution >= 4 is 29.0 Å². The average molecular weight is 520 g/mol. The summed E-state index contributed by atoms with van der Waals surface area (Å²) < 4.78 is 0. The Morgan fingerprint density at radius 1 is 1.03 bits per heavy atom. The van der Waals surface area contributed by atoms with Crippen LogP contribution in [0, 0.1) is 11.8 Å². The molecule has 5 unspecified atom stereocenters. The predicted octanol–water partition coefficient (Wildman–Crippen LogP) is 1.83. The molecular formula is C28H25NO9. The fourth-order valence-corrected chi connectivity index (χ4v) is 6.12. The van der Waals surface area contributed by atoms with Gasteiger partial charge in [-0.1, -0.05) is 43.3 Å². The van der Waals surface area contributed by atoms with Crippen molar-refractivity contribution in [2.75, 3.05) is 0 Å². The van der Waals surface area contributed by atoms with Gasteiger partial charge in [-0.25, -0.2) is 0 Å². The van der Waals surface area contributed by atoms with E-state index in [1.807, 2.05) is 0 Å². The lowest BCUT2D eigenvalue weighted by Gasteiger charge is -2.50. The van der Waals surface area contributed by atoms with Crippen LogP contribution in [0.5, 0.6) is 5.75 Å². The van der Waals surface area contributed by atoms with E-state index in [1.54, 1.807) is 43.3 Å². The van der Waals surface area contributed by atoms with E-state index < -0.39 is 76.0 Å². The molecule has 0 aliphatic heterocycles. The maximum Gasteiger partial charge on any atom is 0.255 e. The molecule has 2 aromatic rings. The maximum atomic E-state index is 13.7. The summed E-state index contributed by atoms with van der Waals surface area (Å²) in [5.41, 5.74) is 2.52. The van der Waals surface area contributed by atoms with Gasteiger partial charge in [-0.15, -0.1) is 0 Å². The van der Waals surface area contributed by atoms with Gasteiger partial charge in [0.25, 0.3) is 5.91 Å². The van der Waals surface area contributed by atoms with Gasteiger partial charge in [0.2, 0.25) is 5.78 Å². The number of aliphatic hydroxyl groups is 4. The van der Waals surface area contributed by atoms with Crippen molar-refractivity contribution in [2.45, 2.75) is 37.9 Å². The molecule has 2 aromatic carbocycles. The molecule has 1 amide bonds. The number of phenolic OH excluding ortho intramolecular Hbond substituents is 1. The first-order valence-corrected chi connectivity index (χ1v) is 11.9. The van der Waals surface area contributed by atoms with Crippen LogP contribution < -0.4 is 5.73 Å². The summed E-state index contributed by atoms with van der Waals surface area (Å²) in [5.74, 6) is -9.20. The first-order chi connectivity index (χ1) is 17.8. The largest absolute Gasteiger partial charge is 0.508 e. The minimum atomic E-state index is -2.88. The number of phenols is 1. The van der Waals surface area contributed by atoms with Crippen molar-refractivity contribution in [3.63, 3.8) is 0 Å². The molecule has 1 fully saturated rings. The Balaban J connectivity index is 1.71. The van der Waals surface area contributed by atoms with Gasteiger partial charge in [0.1, 0.15) is 22.8 Å². The van der Waals surface area contributed by atoms with E-state index in [0.29, 0.717) is 22.3 Å². The van der Waals surface area contributed by atoms with Gasteiger partial charge in [0.15, 0.2) is 17.2 Å². The van der Waals surface area contributed by atoms with Gasteiger partial charge >= 0.3 is 0 Å². The number of hydrogen-bond donors (Lipinski definition) is 6. The molecule has 0 saturated heterocycles. The second kappa shape index (κ2) is 8.37. The van der Waals surface area contributed by atoms with E-state index in [1.165, 1.54) is 6.92 Å². The number of fused-ring (bicyclic) bond motifs is 3. The van der Waals surface area contributed by atoms with Crippen LogP contribution >= 0.6 is 0 Å². The topological polar surface area (TPSA) is 195 Å². The molecule has 3 aliphatic carbocycles. The number of aliphatic hydroxyl groups excluding tert-OH is 3. The lowest BCUT2D eigenvalue weighted by molar-refractivity contribution is -0.160. The first-order valence-electron chi connectivity index (χ1n) is 11.9. The summed E-state index contributed by atoms with van der Waals surface area (Å²) in [6.45, 7) is 3.08.